The largest absolute Gasteiger partial charge is 0.368 e. The molecule has 2 aromatic carbocycles. The van der Waals surface area contributed by atoms with Crippen LogP contribution in [-0.2, 0) is 6.54 Å². The van der Waals surface area contributed by atoms with Crippen molar-refractivity contribution in [2.45, 2.75) is 6.54 Å². The van der Waals surface area contributed by atoms with E-state index in [1.165, 1.54) is 12.1 Å². The standard InChI is InChI=1S/C21H20Cl2FN7O/c22-13-1-6-16(17(23)11-13)19(32)31-9-7-30(8-10-31)12-18-27-20(25)29-21(28-18)26-15-4-2-14(24)3-5-15/h1-6,11H,7-10,12H2,(H3,25,26,27,28,29). The second kappa shape index (κ2) is 9.64. The third kappa shape index (κ3) is 5.42. The Morgan fingerprint density at radius 2 is 1.75 bits per heavy atom. The maximum atomic E-state index is 13.1. The van der Waals surface area contributed by atoms with E-state index in [0.717, 1.165) is 0 Å². The number of piperazine rings is 1. The number of nitrogens with two attached hydrogens (primary N) is 1. The predicted octanol–water partition coefficient (Wildman–Crippen LogP) is 3.60. The fraction of sp³-hybridized carbons (Fsp3) is 0.238. The van der Waals surface area contributed by atoms with Crippen molar-refractivity contribution in [3.8, 4) is 0 Å². The van der Waals surface area contributed by atoms with Gasteiger partial charge in [0.1, 0.15) is 11.6 Å². The van der Waals surface area contributed by atoms with Gasteiger partial charge in [0.2, 0.25) is 11.9 Å². The monoisotopic (exact) mass is 475 g/mol. The van der Waals surface area contributed by atoms with Crippen LogP contribution in [0.3, 0.4) is 0 Å². The van der Waals surface area contributed by atoms with Gasteiger partial charge in [-0.3, -0.25) is 9.69 Å². The van der Waals surface area contributed by atoms with Gasteiger partial charge in [-0.15, -0.1) is 0 Å². The highest BCUT2D eigenvalue weighted by atomic mass is 35.5. The fourth-order valence-electron chi connectivity index (χ4n) is 3.37. The SMILES string of the molecule is Nc1nc(CN2CCN(C(=O)c3ccc(Cl)cc3Cl)CC2)nc(Nc2ccc(F)cc2)n1. The van der Waals surface area contributed by atoms with Crippen molar-refractivity contribution in [1.82, 2.24) is 24.8 Å². The zero-order chi connectivity index (χ0) is 22.7. The molecule has 1 aliphatic heterocycles. The van der Waals surface area contributed by atoms with E-state index in [9.17, 15) is 9.18 Å². The summed E-state index contributed by atoms with van der Waals surface area (Å²) in [6.07, 6.45) is 0. The molecule has 11 heteroatoms. The molecule has 0 atom stereocenters. The van der Waals surface area contributed by atoms with Crippen molar-refractivity contribution in [2.24, 2.45) is 0 Å². The van der Waals surface area contributed by atoms with Crippen molar-refractivity contribution in [1.29, 1.82) is 0 Å². The Balaban J connectivity index is 1.37. The normalized spacial score (nSPS) is 14.4. The molecule has 0 unspecified atom stereocenters. The zero-order valence-corrected chi connectivity index (χ0v) is 18.4. The van der Waals surface area contributed by atoms with E-state index in [1.54, 1.807) is 35.2 Å². The van der Waals surface area contributed by atoms with Crippen LogP contribution in [0.1, 0.15) is 16.2 Å². The summed E-state index contributed by atoms with van der Waals surface area (Å²) in [7, 11) is 0. The van der Waals surface area contributed by atoms with Crippen molar-refractivity contribution < 1.29 is 9.18 Å². The van der Waals surface area contributed by atoms with Crippen LogP contribution in [-0.4, -0.2) is 56.8 Å². The number of anilines is 3. The highest BCUT2D eigenvalue weighted by molar-refractivity contribution is 6.36. The smallest absolute Gasteiger partial charge is 0.255 e. The quantitative estimate of drug-likeness (QED) is 0.581. The highest BCUT2D eigenvalue weighted by Gasteiger charge is 2.24. The van der Waals surface area contributed by atoms with Crippen LogP contribution in [0.5, 0.6) is 0 Å². The number of aromatic nitrogens is 3. The highest BCUT2D eigenvalue weighted by Crippen LogP contribution is 2.23. The first kappa shape index (κ1) is 22.2. The number of amides is 1. The number of nitrogens with zero attached hydrogens (tertiary/aromatic N) is 5. The number of halogens is 3. The molecule has 32 heavy (non-hydrogen) atoms. The lowest BCUT2D eigenvalue weighted by molar-refractivity contribution is 0.0625. The number of carbonyl (C=O) groups is 1. The molecule has 0 bridgehead atoms. The minimum Gasteiger partial charge on any atom is -0.368 e. The predicted molar refractivity (Wildman–Crippen MR) is 122 cm³/mol. The van der Waals surface area contributed by atoms with Crippen molar-refractivity contribution in [3.05, 3.63) is 69.7 Å². The minimum absolute atomic E-state index is 0.0887. The van der Waals surface area contributed by atoms with Crippen molar-refractivity contribution in [2.75, 3.05) is 37.2 Å². The second-order valence-electron chi connectivity index (χ2n) is 7.26. The third-order valence-electron chi connectivity index (χ3n) is 4.99. The molecule has 2 heterocycles. The third-order valence-corrected chi connectivity index (χ3v) is 5.53. The van der Waals surface area contributed by atoms with Crippen LogP contribution < -0.4 is 11.1 Å². The summed E-state index contributed by atoms with van der Waals surface area (Å²) in [4.78, 5) is 29.4. The Morgan fingerprint density at radius 3 is 2.44 bits per heavy atom. The molecule has 4 rings (SSSR count). The van der Waals surface area contributed by atoms with Gasteiger partial charge in [0, 0.05) is 36.9 Å². The number of carbonyl (C=O) groups excluding carboxylic acids is 1. The molecule has 1 saturated heterocycles. The lowest BCUT2D eigenvalue weighted by atomic mass is 10.2. The summed E-state index contributed by atoms with van der Waals surface area (Å²) >= 11 is 12.1. The van der Waals surface area contributed by atoms with Gasteiger partial charge in [-0.2, -0.15) is 15.0 Å². The van der Waals surface area contributed by atoms with E-state index in [1.807, 2.05) is 0 Å². The average Bonchev–Trinajstić information content (AvgIpc) is 2.75. The van der Waals surface area contributed by atoms with Crippen molar-refractivity contribution in [3.63, 3.8) is 0 Å². The van der Waals surface area contributed by atoms with Gasteiger partial charge >= 0.3 is 0 Å². The van der Waals surface area contributed by atoms with Gasteiger partial charge in [0.05, 0.1) is 17.1 Å². The number of hydrogen-bond donors (Lipinski definition) is 2. The minimum atomic E-state index is -0.331. The summed E-state index contributed by atoms with van der Waals surface area (Å²) in [6, 6.07) is 10.7. The van der Waals surface area contributed by atoms with Gasteiger partial charge in [-0.25, -0.2) is 4.39 Å². The molecular weight excluding hydrogens is 456 g/mol. The molecule has 0 spiro atoms. The Morgan fingerprint density at radius 1 is 1.03 bits per heavy atom. The van der Waals surface area contributed by atoms with E-state index < -0.39 is 0 Å². The Bertz CT molecular complexity index is 1120. The number of nitrogens with one attached hydrogen (secondary N) is 1. The number of hydrogen-bond acceptors (Lipinski definition) is 7. The first-order chi connectivity index (χ1) is 15.4. The molecule has 1 aliphatic rings. The van der Waals surface area contributed by atoms with Crippen LogP contribution >= 0.6 is 23.2 Å². The van der Waals surface area contributed by atoms with Gasteiger partial charge in [-0.05, 0) is 42.5 Å². The van der Waals surface area contributed by atoms with Crippen LogP contribution in [0.4, 0.5) is 22.0 Å². The number of nitrogen functional groups attached to an aromatic ring is 1. The molecule has 3 aromatic rings. The molecule has 3 N–H and O–H groups in total. The molecular formula is C21H20Cl2FN7O. The first-order valence-corrected chi connectivity index (χ1v) is 10.6. The topological polar surface area (TPSA) is 100 Å². The second-order valence-corrected chi connectivity index (χ2v) is 8.10. The summed E-state index contributed by atoms with van der Waals surface area (Å²) in [6.45, 7) is 2.82. The van der Waals surface area contributed by atoms with E-state index in [-0.39, 0.29) is 23.6 Å². The average molecular weight is 476 g/mol. The molecule has 0 aliphatic carbocycles. The van der Waals surface area contributed by atoms with Gasteiger partial charge in [0.15, 0.2) is 0 Å². The Hall–Kier alpha value is -3.01. The molecule has 0 saturated carbocycles. The van der Waals surface area contributed by atoms with Crippen LogP contribution in [0, 0.1) is 5.82 Å². The van der Waals surface area contributed by atoms with Crippen LogP contribution in [0.25, 0.3) is 0 Å². The van der Waals surface area contributed by atoms with E-state index in [4.69, 9.17) is 28.9 Å². The Labute approximate surface area is 194 Å². The number of benzene rings is 2. The maximum Gasteiger partial charge on any atom is 0.255 e. The van der Waals surface area contributed by atoms with Crippen LogP contribution in [0.15, 0.2) is 42.5 Å². The molecule has 1 fully saturated rings. The number of rotatable bonds is 5. The summed E-state index contributed by atoms with van der Waals surface area (Å²) in [5, 5.41) is 3.82. The van der Waals surface area contributed by atoms with E-state index in [0.29, 0.717) is 59.8 Å². The fourth-order valence-corrected chi connectivity index (χ4v) is 3.86. The van der Waals surface area contributed by atoms with Gasteiger partial charge in [0.25, 0.3) is 5.91 Å². The zero-order valence-electron chi connectivity index (χ0n) is 16.9. The first-order valence-electron chi connectivity index (χ1n) is 9.87. The van der Waals surface area contributed by atoms with Gasteiger partial charge < -0.3 is 16.0 Å². The van der Waals surface area contributed by atoms with Crippen LogP contribution in [0.2, 0.25) is 10.0 Å². The molecule has 1 amide bonds. The molecule has 8 nitrogen and oxygen atoms in total. The lowest BCUT2D eigenvalue weighted by Gasteiger charge is -2.34. The van der Waals surface area contributed by atoms with Crippen molar-refractivity contribution >= 4 is 46.7 Å². The molecule has 166 valence electrons. The molecule has 0 radical (unpaired) electrons. The Kier molecular flexibility index (Phi) is 6.69. The summed E-state index contributed by atoms with van der Waals surface area (Å²) in [5.41, 5.74) is 6.91. The molecule has 1 aromatic heterocycles. The summed E-state index contributed by atoms with van der Waals surface area (Å²) in [5.74, 6) is 0.419. The maximum absolute atomic E-state index is 13.1. The van der Waals surface area contributed by atoms with E-state index >= 15 is 0 Å². The van der Waals surface area contributed by atoms with Gasteiger partial charge in [-0.1, -0.05) is 23.2 Å². The van der Waals surface area contributed by atoms with E-state index in [2.05, 4.69) is 25.2 Å². The lowest BCUT2D eigenvalue weighted by Crippen LogP contribution is -2.48. The summed E-state index contributed by atoms with van der Waals surface area (Å²) < 4.78 is 13.1.